The van der Waals surface area contributed by atoms with Crippen LogP contribution in [0, 0.1) is 0 Å². The van der Waals surface area contributed by atoms with Crippen molar-refractivity contribution >= 4 is 11.3 Å². The smallest absolute Gasteiger partial charge is 0.0296 e. The summed E-state index contributed by atoms with van der Waals surface area (Å²) in [4.78, 5) is 1.40. The standard InChI is InChI=1S/C6H9NS.C2H6.CH4/c1-7-5-6-3-2-4-8-6;1-2;/h2-4,7H,5H2,1H3;1-2H3;1H4. The van der Waals surface area contributed by atoms with E-state index in [-0.39, 0.29) is 7.43 Å². The first-order valence-corrected chi connectivity index (χ1v) is 4.48. The van der Waals surface area contributed by atoms with Crippen LogP contribution in [0.25, 0.3) is 0 Å². The first-order valence-electron chi connectivity index (χ1n) is 3.60. The number of hydrogen-bond acceptors (Lipinski definition) is 2. The maximum Gasteiger partial charge on any atom is 0.0296 e. The zero-order valence-corrected chi connectivity index (χ0v) is 7.66. The average Bonchev–Trinajstić information content (AvgIpc) is 2.46. The van der Waals surface area contributed by atoms with E-state index in [0.717, 1.165) is 6.54 Å². The summed E-state index contributed by atoms with van der Waals surface area (Å²) >= 11 is 1.78. The summed E-state index contributed by atoms with van der Waals surface area (Å²) in [5.41, 5.74) is 0. The van der Waals surface area contributed by atoms with E-state index in [9.17, 15) is 0 Å². The van der Waals surface area contributed by atoms with Gasteiger partial charge in [-0.1, -0.05) is 27.3 Å². The maximum absolute atomic E-state index is 3.08. The molecule has 0 saturated carbocycles. The fourth-order valence-corrected chi connectivity index (χ4v) is 1.30. The molecule has 1 aromatic heterocycles. The molecule has 0 aliphatic heterocycles. The third kappa shape index (κ3) is 6.07. The van der Waals surface area contributed by atoms with E-state index in [1.807, 2.05) is 20.9 Å². The van der Waals surface area contributed by atoms with Gasteiger partial charge in [0.15, 0.2) is 0 Å². The summed E-state index contributed by atoms with van der Waals surface area (Å²) in [6.45, 7) is 5.00. The highest BCUT2D eigenvalue weighted by atomic mass is 32.1. The van der Waals surface area contributed by atoms with Gasteiger partial charge in [-0.2, -0.15) is 0 Å². The van der Waals surface area contributed by atoms with Crippen molar-refractivity contribution in [3.05, 3.63) is 22.4 Å². The number of rotatable bonds is 2. The van der Waals surface area contributed by atoms with E-state index < -0.39 is 0 Å². The lowest BCUT2D eigenvalue weighted by Gasteiger charge is -1.89. The predicted molar refractivity (Wildman–Crippen MR) is 55.2 cm³/mol. The van der Waals surface area contributed by atoms with Crippen LogP contribution >= 0.6 is 11.3 Å². The molecule has 1 heterocycles. The highest BCUT2D eigenvalue weighted by molar-refractivity contribution is 7.09. The summed E-state index contributed by atoms with van der Waals surface area (Å²) in [6, 6.07) is 4.19. The van der Waals surface area contributed by atoms with Crippen molar-refractivity contribution in [3.8, 4) is 0 Å². The normalized spacial score (nSPS) is 7.55. The van der Waals surface area contributed by atoms with Gasteiger partial charge in [-0.15, -0.1) is 11.3 Å². The summed E-state index contributed by atoms with van der Waals surface area (Å²) in [5, 5.41) is 5.17. The van der Waals surface area contributed by atoms with Crippen LogP contribution in [-0.2, 0) is 6.54 Å². The molecule has 2 heteroatoms. The molecule has 0 radical (unpaired) electrons. The third-order valence-corrected chi connectivity index (χ3v) is 1.81. The zero-order valence-electron chi connectivity index (χ0n) is 6.85. The van der Waals surface area contributed by atoms with Crippen LogP contribution in [0.2, 0.25) is 0 Å². The van der Waals surface area contributed by atoms with E-state index in [2.05, 4.69) is 22.8 Å². The van der Waals surface area contributed by atoms with Gasteiger partial charge in [0, 0.05) is 11.4 Å². The molecule has 1 rings (SSSR count). The minimum Gasteiger partial charge on any atom is -0.315 e. The fourth-order valence-electron chi connectivity index (χ4n) is 0.587. The van der Waals surface area contributed by atoms with Gasteiger partial charge in [0.05, 0.1) is 0 Å². The average molecular weight is 173 g/mol. The molecular formula is C9H19NS. The second-order valence-electron chi connectivity index (χ2n) is 1.61. The quantitative estimate of drug-likeness (QED) is 0.724. The van der Waals surface area contributed by atoms with Crippen molar-refractivity contribution in [1.29, 1.82) is 0 Å². The monoisotopic (exact) mass is 173 g/mol. The molecule has 11 heavy (non-hydrogen) atoms. The van der Waals surface area contributed by atoms with E-state index >= 15 is 0 Å². The Kier molecular flexibility index (Phi) is 11.6. The van der Waals surface area contributed by atoms with Gasteiger partial charge in [0.2, 0.25) is 0 Å². The minimum atomic E-state index is 0. The molecule has 0 unspecified atom stereocenters. The van der Waals surface area contributed by atoms with Gasteiger partial charge >= 0.3 is 0 Å². The van der Waals surface area contributed by atoms with Crippen molar-refractivity contribution < 1.29 is 0 Å². The van der Waals surface area contributed by atoms with Gasteiger partial charge in [-0.3, -0.25) is 0 Å². The van der Waals surface area contributed by atoms with Crippen molar-refractivity contribution in [1.82, 2.24) is 5.32 Å². The first kappa shape index (κ1) is 13.3. The van der Waals surface area contributed by atoms with Gasteiger partial charge in [0.1, 0.15) is 0 Å². The Labute approximate surface area is 74.5 Å². The lowest BCUT2D eigenvalue weighted by atomic mass is 10.5. The molecule has 0 saturated heterocycles. The molecule has 0 aliphatic carbocycles. The summed E-state index contributed by atoms with van der Waals surface area (Å²) in [5.74, 6) is 0. The van der Waals surface area contributed by atoms with E-state index in [0.29, 0.717) is 0 Å². The summed E-state index contributed by atoms with van der Waals surface area (Å²) in [7, 11) is 1.96. The van der Waals surface area contributed by atoms with Gasteiger partial charge in [-0.25, -0.2) is 0 Å². The summed E-state index contributed by atoms with van der Waals surface area (Å²) in [6.07, 6.45) is 0. The zero-order chi connectivity index (χ0) is 7.82. The Morgan fingerprint density at radius 2 is 2.09 bits per heavy atom. The Bertz CT molecular complexity index is 135. The molecule has 0 aromatic carbocycles. The minimum absolute atomic E-state index is 0. The first-order chi connectivity index (χ1) is 4.93. The van der Waals surface area contributed by atoms with E-state index in [1.165, 1.54) is 4.88 Å². The Hall–Kier alpha value is -0.340. The van der Waals surface area contributed by atoms with Crippen molar-refractivity contribution in [2.45, 2.75) is 27.8 Å². The van der Waals surface area contributed by atoms with Gasteiger partial charge in [0.25, 0.3) is 0 Å². The summed E-state index contributed by atoms with van der Waals surface area (Å²) < 4.78 is 0. The van der Waals surface area contributed by atoms with Crippen LogP contribution in [0.1, 0.15) is 26.2 Å². The Morgan fingerprint density at radius 3 is 2.45 bits per heavy atom. The van der Waals surface area contributed by atoms with Crippen LogP contribution < -0.4 is 5.32 Å². The van der Waals surface area contributed by atoms with Crippen LogP contribution in [0.5, 0.6) is 0 Å². The molecule has 1 nitrogen and oxygen atoms in total. The van der Waals surface area contributed by atoms with Crippen LogP contribution in [0.15, 0.2) is 17.5 Å². The van der Waals surface area contributed by atoms with Crippen LogP contribution in [0.4, 0.5) is 0 Å². The molecule has 0 aliphatic rings. The highest BCUT2D eigenvalue weighted by Gasteiger charge is 1.86. The number of hydrogen-bond donors (Lipinski definition) is 1. The topological polar surface area (TPSA) is 12.0 Å². The molecule has 66 valence electrons. The van der Waals surface area contributed by atoms with Crippen molar-refractivity contribution in [3.63, 3.8) is 0 Å². The molecule has 0 atom stereocenters. The lowest BCUT2D eigenvalue weighted by Crippen LogP contribution is -2.02. The molecule has 1 N–H and O–H groups in total. The van der Waals surface area contributed by atoms with Gasteiger partial charge < -0.3 is 5.32 Å². The van der Waals surface area contributed by atoms with E-state index in [1.54, 1.807) is 11.3 Å². The lowest BCUT2D eigenvalue weighted by molar-refractivity contribution is 0.831. The second kappa shape index (κ2) is 9.66. The largest absolute Gasteiger partial charge is 0.315 e. The molecule has 0 fully saturated rings. The Balaban J connectivity index is 0. The molecule has 0 spiro atoms. The van der Waals surface area contributed by atoms with Crippen LogP contribution in [0.3, 0.4) is 0 Å². The SMILES string of the molecule is C.CC.CNCc1cccs1. The van der Waals surface area contributed by atoms with E-state index in [4.69, 9.17) is 0 Å². The third-order valence-electron chi connectivity index (χ3n) is 0.931. The van der Waals surface area contributed by atoms with Crippen molar-refractivity contribution in [2.24, 2.45) is 0 Å². The molecular weight excluding hydrogens is 154 g/mol. The molecule has 1 aromatic rings. The second-order valence-corrected chi connectivity index (χ2v) is 2.64. The Morgan fingerprint density at radius 1 is 1.45 bits per heavy atom. The number of nitrogens with one attached hydrogen (secondary N) is 1. The molecule has 0 amide bonds. The highest BCUT2D eigenvalue weighted by Crippen LogP contribution is 2.06. The number of thiophene rings is 1. The van der Waals surface area contributed by atoms with Gasteiger partial charge in [-0.05, 0) is 18.5 Å². The molecule has 0 bridgehead atoms. The maximum atomic E-state index is 3.08. The predicted octanol–water partition coefficient (Wildman–Crippen LogP) is 3.13. The van der Waals surface area contributed by atoms with Crippen molar-refractivity contribution in [2.75, 3.05) is 7.05 Å². The van der Waals surface area contributed by atoms with Crippen LogP contribution in [-0.4, -0.2) is 7.05 Å². The fraction of sp³-hybridized carbons (Fsp3) is 0.556.